The molecule has 0 aromatic heterocycles. The molecule has 59 valence electrons. The molecule has 0 heterocycles. The molecule has 0 spiro atoms. The van der Waals surface area contributed by atoms with Gasteiger partial charge in [0.05, 0.1) is 0 Å². The first-order valence-corrected chi connectivity index (χ1v) is 3.70. The summed E-state index contributed by atoms with van der Waals surface area (Å²) in [5, 5.41) is 10.8. The van der Waals surface area contributed by atoms with E-state index in [9.17, 15) is 5.11 Å². The summed E-state index contributed by atoms with van der Waals surface area (Å²) < 4.78 is 5.01. The summed E-state index contributed by atoms with van der Waals surface area (Å²) in [6, 6.07) is 9.13. The first-order valence-electron chi connectivity index (χ1n) is 3.70. The van der Waals surface area contributed by atoms with Crippen LogP contribution < -0.4 is 4.74 Å². The molecule has 0 aliphatic rings. The van der Waals surface area contributed by atoms with Gasteiger partial charge in [0.2, 0.25) is 6.29 Å². The lowest BCUT2D eigenvalue weighted by molar-refractivity contribution is -0.0721. The Morgan fingerprint density at radius 3 is 2.55 bits per heavy atom. The summed E-state index contributed by atoms with van der Waals surface area (Å²) in [5.74, 6) is 0.648. The summed E-state index contributed by atoms with van der Waals surface area (Å²) in [6.45, 7) is 1.81. The molecule has 0 saturated carbocycles. The lowest BCUT2D eigenvalue weighted by atomic mass is 10.3. The standard InChI is InChI=1S/C9H11O2/c1-2-9(10)11-8-6-4-3-5-7-8/h3-7,9H,2H2,1H3. The lowest BCUT2D eigenvalue weighted by Crippen LogP contribution is -2.11. The van der Waals surface area contributed by atoms with Gasteiger partial charge in [0.1, 0.15) is 5.75 Å². The number of rotatable bonds is 3. The molecule has 2 heteroatoms. The maximum atomic E-state index is 10.8. The molecule has 0 fully saturated rings. The maximum Gasteiger partial charge on any atom is 0.231 e. The molecule has 11 heavy (non-hydrogen) atoms. The molecule has 1 radical (unpaired) electrons. The lowest BCUT2D eigenvalue weighted by Gasteiger charge is -2.07. The highest BCUT2D eigenvalue weighted by Crippen LogP contribution is 2.10. The second-order valence-corrected chi connectivity index (χ2v) is 2.27. The molecule has 1 aromatic carbocycles. The van der Waals surface area contributed by atoms with Crippen molar-refractivity contribution >= 4 is 0 Å². The van der Waals surface area contributed by atoms with Crippen LogP contribution in [0.2, 0.25) is 0 Å². The normalized spacial score (nSPS) is 12.5. The quantitative estimate of drug-likeness (QED) is 0.609. The Bertz CT molecular complexity index is 196. The van der Waals surface area contributed by atoms with Gasteiger partial charge in [0.15, 0.2) is 0 Å². The third-order valence-corrected chi connectivity index (χ3v) is 1.34. The van der Waals surface area contributed by atoms with E-state index < -0.39 is 6.29 Å². The number of para-hydroxylation sites is 1. The van der Waals surface area contributed by atoms with Gasteiger partial charge < -0.3 is 4.74 Å². The van der Waals surface area contributed by atoms with Crippen LogP contribution in [0.25, 0.3) is 0 Å². The van der Waals surface area contributed by atoms with E-state index in [1.165, 1.54) is 0 Å². The van der Waals surface area contributed by atoms with Crippen molar-refractivity contribution in [3.05, 3.63) is 30.3 Å². The van der Waals surface area contributed by atoms with Crippen molar-refractivity contribution in [3.8, 4) is 5.75 Å². The van der Waals surface area contributed by atoms with Crippen LogP contribution in [-0.2, 0) is 5.11 Å². The first kappa shape index (κ1) is 8.08. The average molecular weight is 151 g/mol. The first-order chi connectivity index (χ1) is 5.33. The highest BCUT2D eigenvalue weighted by Gasteiger charge is 2.02. The molecule has 1 atom stereocenters. The minimum Gasteiger partial charge on any atom is -0.462 e. The third-order valence-electron chi connectivity index (χ3n) is 1.34. The van der Waals surface area contributed by atoms with Crippen molar-refractivity contribution in [2.45, 2.75) is 19.6 Å². The van der Waals surface area contributed by atoms with E-state index in [0.29, 0.717) is 12.2 Å². The van der Waals surface area contributed by atoms with E-state index >= 15 is 0 Å². The van der Waals surface area contributed by atoms with Gasteiger partial charge in [0, 0.05) is 6.42 Å². The van der Waals surface area contributed by atoms with Gasteiger partial charge in [-0.1, -0.05) is 25.1 Å². The molecular weight excluding hydrogens is 140 g/mol. The minimum atomic E-state index is -0.933. The van der Waals surface area contributed by atoms with Crippen LogP contribution in [0.3, 0.4) is 0 Å². The predicted octanol–water partition coefficient (Wildman–Crippen LogP) is 2.23. The third kappa shape index (κ3) is 2.60. The second kappa shape index (κ2) is 3.98. The van der Waals surface area contributed by atoms with Crippen LogP contribution in [0.4, 0.5) is 0 Å². The Hall–Kier alpha value is -1.02. The van der Waals surface area contributed by atoms with Crippen LogP contribution in [0.5, 0.6) is 5.75 Å². The van der Waals surface area contributed by atoms with Crippen LogP contribution in [0.1, 0.15) is 13.3 Å². The van der Waals surface area contributed by atoms with Gasteiger partial charge in [0.25, 0.3) is 0 Å². The molecule has 0 bridgehead atoms. The Morgan fingerprint density at radius 1 is 1.36 bits per heavy atom. The minimum absolute atomic E-state index is 0.495. The van der Waals surface area contributed by atoms with Gasteiger partial charge >= 0.3 is 0 Å². The summed E-state index contributed by atoms with van der Waals surface area (Å²) in [4.78, 5) is 0. The molecule has 0 aliphatic heterocycles. The van der Waals surface area contributed by atoms with Crippen LogP contribution in [0, 0.1) is 0 Å². The molecule has 0 aliphatic carbocycles. The smallest absolute Gasteiger partial charge is 0.231 e. The summed E-state index contributed by atoms with van der Waals surface area (Å²) >= 11 is 0. The zero-order chi connectivity index (χ0) is 8.10. The van der Waals surface area contributed by atoms with Gasteiger partial charge in [-0.25, -0.2) is 0 Å². The predicted molar refractivity (Wildman–Crippen MR) is 41.8 cm³/mol. The van der Waals surface area contributed by atoms with Crippen LogP contribution >= 0.6 is 0 Å². The van der Waals surface area contributed by atoms with Crippen molar-refractivity contribution in [2.75, 3.05) is 0 Å². The van der Waals surface area contributed by atoms with Gasteiger partial charge in [-0.3, -0.25) is 0 Å². The van der Waals surface area contributed by atoms with Gasteiger partial charge in [-0.2, -0.15) is 5.11 Å². The van der Waals surface area contributed by atoms with Crippen molar-refractivity contribution in [2.24, 2.45) is 0 Å². The fourth-order valence-corrected chi connectivity index (χ4v) is 0.734. The second-order valence-electron chi connectivity index (χ2n) is 2.27. The van der Waals surface area contributed by atoms with E-state index in [2.05, 4.69) is 0 Å². The maximum absolute atomic E-state index is 10.8. The number of benzene rings is 1. The molecule has 1 rings (SSSR count). The number of ether oxygens (including phenoxy) is 1. The average Bonchev–Trinajstić information content (AvgIpc) is 2.06. The zero-order valence-corrected chi connectivity index (χ0v) is 6.49. The largest absolute Gasteiger partial charge is 0.462 e. The summed E-state index contributed by atoms with van der Waals surface area (Å²) in [7, 11) is 0. The summed E-state index contributed by atoms with van der Waals surface area (Å²) in [6.07, 6.45) is -0.438. The van der Waals surface area contributed by atoms with Crippen molar-refractivity contribution in [1.82, 2.24) is 0 Å². The van der Waals surface area contributed by atoms with E-state index in [1.807, 2.05) is 18.2 Å². The fourth-order valence-electron chi connectivity index (χ4n) is 0.734. The zero-order valence-electron chi connectivity index (χ0n) is 6.49. The van der Waals surface area contributed by atoms with Crippen LogP contribution in [0.15, 0.2) is 30.3 Å². The Labute approximate surface area is 66.4 Å². The Balaban J connectivity index is 2.51. The van der Waals surface area contributed by atoms with E-state index in [1.54, 1.807) is 19.1 Å². The van der Waals surface area contributed by atoms with E-state index in [-0.39, 0.29) is 0 Å². The fraction of sp³-hybridized carbons (Fsp3) is 0.333. The highest BCUT2D eigenvalue weighted by atomic mass is 16.6. The van der Waals surface area contributed by atoms with E-state index in [4.69, 9.17) is 4.74 Å². The Kier molecular flexibility index (Phi) is 2.93. The topological polar surface area (TPSA) is 29.1 Å². The van der Waals surface area contributed by atoms with Crippen molar-refractivity contribution in [3.63, 3.8) is 0 Å². The molecule has 0 amide bonds. The highest BCUT2D eigenvalue weighted by molar-refractivity contribution is 5.20. The monoisotopic (exact) mass is 151 g/mol. The van der Waals surface area contributed by atoms with Gasteiger partial charge in [-0.15, -0.1) is 0 Å². The van der Waals surface area contributed by atoms with Crippen LogP contribution in [-0.4, -0.2) is 6.29 Å². The molecule has 1 unspecified atom stereocenters. The Morgan fingerprint density at radius 2 is 2.00 bits per heavy atom. The number of hydrogen-bond donors (Lipinski definition) is 0. The van der Waals surface area contributed by atoms with Gasteiger partial charge in [-0.05, 0) is 12.1 Å². The van der Waals surface area contributed by atoms with E-state index in [0.717, 1.165) is 0 Å². The molecular formula is C9H11O2. The molecule has 1 aromatic rings. The SMILES string of the molecule is CCC([O])Oc1ccccc1. The summed E-state index contributed by atoms with van der Waals surface area (Å²) in [5.41, 5.74) is 0. The van der Waals surface area contributed by atoms with Crippen molar-refractivity contribution in [1.29, 1.82) is 0 Å². The molecule has 2 nitrogen and oxygen atoms in total. The molecule has 0 saturated heterocycles. The van der Waals surface area contributed by atoms with Crippen molar-refractivity contribution < 1.29 is 9.84 Å². The number of hydrogen-bond acceptors (Lipinski definition) is 1. The molecule has 0 N–H and O–H groups in total.